The van der Waals surface area contributed by atoms with Crippen molar-refractivity contribution >= 4 is 0 Å². The molecule has 74 valence electrons. The monoisotopic (exact) mass is 179 g/mol. The first-order valence-corrected chi connectivity index (χ1v) is 6.07. The molecular formula is C12H21N. The zero-order valence-corrected chi connectivity index (χ0v) is 8.47. The average molecular weight is 179 g/mol. The summed E-state index contributed by atoms with van der Waals surface area (Å²) in [6.45, 7) is 0. The third-order valence-electron chi connectivity index (χ3n) is 5.22. The van der Waals surface area contributed by atoms with Crippen molar-refractivity contribution in [3.8, 4) is 0 Å². The molecule has 1 spiro atoms. The lowest BCUT2D eigenvalue weighted by Crippen LogP contribution is -2.61. The highest BCUT2D eigenvalue weighted by molar-refractivity contribution is 5.09. The molecule has 0 aromatic carbocycles. The van der Waals surface area contributed by atoms with E-state index in [1.807, 2.05) is 0 Å². The summed E-state index contributed by atoms with van der Waals surface area (Å²) in [5.74, 6) is 2.12. The number of nitrogens with two attached hydrogens (primary N) is 1. The summed E-state index contributed by atoms with van der Waals surface area (Å²) in [6, 6.07) is 0.575. The molecule has 3 aliphatic rings. The second-order valence-corrected chi connectivity index (χ2v) is 5.66. The Hall–Kier alpha value is -0.0400. The Morgan fingerprint density at radius 3 is 2.31 bits per heavy atom. The fraction of sp³-hybridized carbons (Fsp3) is 1.00. The van der Waals surface area contributed by atoms with E-state index in [0.29, 0.717) is 11.5 Å². The van der Waals surface area contributed by atoms with Gasteiger partial charge in [0.05, 0.1) is 0 Å². The van der Waals surface area contributed by atoms with E-state index in [-0.39, 0.29) is 0 Å². The molecule has 3 saturated carbocycles. The van der Waals surface area contributed by atoms with Crippen LogP contribution in [0, 0.1) is 17.3 Å². The fourth-order valence-corrected chi connectivity index (χ4v) is 3.74. The summed E-state index contributed by atoms with van der Waals surface area (Å²) in [7, 11) is 0. The molecule has 13 heavy (non-hydrogen) atoms. The van der Waals surface area contributed by atoms with Gasteiger partial charge in [-0.1, -0.05) is 25.7 Å². The second-order valence-electron chi connectivity index (χ2n) is 5.66. The Morgan fingerprint density at radius 1 is 1.15 bits per heavy atom. The topological polar surface area (TPSA) is 26.0 Å². The molecule has 1 nitrogen and oxygen atoms in total. The molecule has 2 atom stereocenters. The highest BCUT2D eigenvalue weighted by Gasteiger charge is 2.56. The van der Waals surface area contributed by atoms with Crippen molar-refractivity contribution in [1.29, 1.82) is 0 Å². The van der Waals surface area contributed by atoms with Gasteiger partial charge < -0.3 is 5.73 Å². The van der Waals surface area contributed by atoms with Gasteiger partial charge in [-0.3, -0.25) is 0 Å². The van der Waals surface area contributed by atoms with Crippen LogP contribution in [-0.2, 0) is 0 Å². The Labute approximate surface area is 81.1 Å². The standard InChI is InChI=1S/C12H21N/c13-11-8-10(7-9-3-1-4-9)12(11)5-2-6-12/h9-11H,1-8,13H2. The van der Waals surface area contributed by atoms with Gasteiger partial charge >= 0.3 is 0 Å². The summed E-state index contributed by atoms with van der Waals surface area (Å²) in [5, 5.41) is 0. The summed E-state index contributed by atoms with van der Waals surface area (Å²) in [6.07, 6.45) is 11.7. The molecule has 0 saturated heterocycles. The Bertz CT molecular complexity index is 203. The molecule has 3 fully saturated rings. The highest BCUT2D eigenvalue weighted by atomic mass is 14.8. The molecule has 0 amide bonds. The molecule has 2 unspecified atom stereocenters. The maximum atomic E-state index is 6.14. The predicted molar refractivity (Wildman–Crippen MR) is 54.3 cm³/mol. The van der Waals surface area contributed by atoms with Gasteiger partial charge in [0.25, 0.3) is 0 Å². The number of hydrogen-bond acceptors (Lipinski definition) is 1. The maximum Gasteiger partial charge on any atom is 0.0101 e. The molecule has 0 aromatic rings. The highest BCUT2D eigenvalue weighted by Crippen LogP contribution is 2.61. The minimum Gasteiger partial charge on any atom is -0.327 e. The van der Waals surface area contributed by atoms with Crippen LogP contribution in [0.15, 0.2) is 0 Å². The molecule has 3 rings (SSSR count). The molecule has 3 aliphatic carbocycles. The Balaban J connectivity index is 1.59. The quantitative estimate of drug-likeness (QED) is 0.693. The van der Waals surface area contributed by atoms with Crippen LogP contribution in [0.1, 0.15) is 51.4 Å². The molecule has 0 aliphatic heterocycles. The van der Waals surface area contributed by atoms with Crippen molar-refractivity contribution in [2.75, 3.05) is 0 Å². The number of hydrogen-bond donors (Lipinski definition) is 1. The van der Waals surface area contributed by atoms with Gasteiger partial charge in [0, 0.05) is 6.04 Å². The normalized spacial score (nSPS) is 42.2. The molecule has 0 aromatic heterocycles. The van der Waals surface area contributed by atoms with Crippen molar-refractivity contribution in [3.05, 3.63) is 0 Å². The summed E-state index contributed by atoms with van der Waals surface area (Å²) < 4.78 is 0. The lowest BCUT2D eigenvalue weighted by Gasteiger charge is -2.61. The van der Waals surface area contributed by atoms with Gasteiger partial charge in [0.1, 0.15) is 0 Å². The van der Waals surface area contributed by atoms with Crippen molar-refractivity contribution in [2.45, 2.75) is 57.4 Å². The first-order chi connectivity index (χ1) is 6.31. The van der Waals surface area contributed by atoms with E-state index in [1.54, 1.807) is 0 Å². The van der Waals surface area contributed by atoms with Gasteiger partial charge in [0.15, 0.2) is 0 Å². The largest absolute Gasteiger partial charge is 0.327 e. The van der Waals surface area contributed by atoms with E-state index >= 15 is 0 Å². The van der Waals surface area contributed by atoms with Gasteiger partial charge in [-0.25, -0.2) is 0 Å². The first kappa shape index (κ1) is 8.28. The lowest BCUT2D eigenvalue weighted by molar-refractivity contribution is -0.0878. The minimum absolute atomic E-state index is 0.575. The summed E-state index contributed by atoms with van der Waals surface area (Å²) in [5.41, 5.74) is 6.81. The molecule has 0 heterocycles. The Kier molecular flexibility index (Phi) is 1.74. The summed E-state index contributed by atoms with van der Waals surface area (Å²) in [4.78, 5) is 0. The van der Waals surface area contributed by atoms with E-state index < -0.39 is 0 Å². The van der Waals surface area contributed by atoms with Gasteiger partial charge in [0.2, 0.25) is 0 Å². The molecule has 2 N–H and O–H groups in total. The van der Waals surface area contributed by atoms with E-state index in [9.17, 15) is 0 Å². The third-order valence-corrected chi connectivity index (χ3v) is 5.22. The zero-order chi connectivity index (χ0) is 8.89. The molecular weight excluding hydrogens is 158 g/mol. The van der Waals surface area contributed by atoms with Crippen LogP contribution >= 0.6 is 0 Å². The van der Waals surface area contributed by atoms with Crippen molar-refractivity contribution in [1.82, 2.24) is 0 Å². The van der Waals surface area contributed by atoms with Crippen molar-refractivity contribution < 1.29 is 0 Å². The smallest absolute Gasteiger partial charge is 0.0101 e. The number of rotatable bonds is 2. The van der Waals surface area contributed by atoms with Crippen LogP contribution in [0.5, 0.6) is 0 Å². The predicted octanol–water partition coefficient (Wildman–Crippen LogP) is 2.69. The first-order valence-electron chi connectivity index (χ1n) is 6.07. The summed E-state index contributed by atoms with van der Waals surface area (Å²) >= 11 is 0. The molecule has 0 bridgehead atoms. The van der Waals surface area contributed by atoms with Crippen LogP contribution in [-0.4, -0.2) is 6.04 Å². The van der Waals surface area contributed by atoms with Crippen LogP contribution in [0.3, 0.4) is 0 Å². The zero-order valence-electron chi connectivity index (χ0n) is 8.47. The Morgan fingerprint density at radius 2 is 1.92 bits per heavy atom. The average Bonchev–Trinajstić information content (AvgIpc) is 1.89. The minimum atomic E-state index is 0.575. The maximum absolute atomic E-state index is 6.14. The third kappa shape index (κ3) is 1.03. The van der Waals surface area contributed by atoms with Crippen LogP contribution in [0.4, 0.5) is 0 Å². The van der Waals surface area contributed by atoms with Crippen molar-refractivity contribution in [2.24, 2.45) is 23.0 Å². The molecule has 1 heteroatoms. The van der Waals surface area contributed by atoms with E-state index in [2.05, 4.69) is 0 Å². The second kappa shape index (κ2) is 2.73. The lowest BCUT2D eigenvalue weighted by atomic mass is 9.45. The van der Waals surface area contributed by atoms with Gasteiger partial charge in [-0.05, 0) is 42.9 Å². The van der Waals surface area contributed by atoms with Crippen LogP contribution in [0.25, 0.3) is 0 Å². The van der Waals surface area contributed by atoms with E-state index in [4.69, 9.17) is 5.73 Å². The van der Waals surface area contributed by atoms with Gasteiger partial charge in [-0.2, -0.15) is 0 Å². The molecule has 0 radical (unpaired) electrons. The van der Waals surface area contributed by atoms with E-state index in [0.717, 1.165) is 11.8 Å². The van der Waals surface area contributed by atoms with Crippen molar-refractivity contribution in [3.63, 3.8) is 0 Å². The van der Waals surface area contributed by atoms with Crippen LogP contribution < -0.4 is 5.73 Å². The fourth-order valence-electron chi connectivity index (χ4n) is 3.74. The SMILES string of the molecule is NC1CC(CC2CCC2)C12CCC2. The van der Waals surface area contributed by atoms with E-state index in [1.165, 1.54) is 51.4 Å². The van der Waals surface area contributed by atoms with Crippen LogP contribution in [0.2, 0.25) is 0 Å². The van der Waals surface area contributed by atoms with Gasteiger partial charge in [-0.15, -0.1) is 0 Å².